The lowest BCUT2D eigenvalue weighted by molar-refractivity contribution is -0.138. The number of fused-ring (bicyclic) bond motifs is 2. The first-order valence-electron chi connectivity index (χ1n) is 27.3. The average Bonchev–Trinajstić information content (AvgIpc) is 4.11. The lowest BCUT2D eigenvalue weighted by Gasteiger charge is -2.41. The summed E-state index contributed by atoms with van der Waals surface area (Å²) in [7, 11) is 1.93. The number of nitrogens with zero attached hydrogens (tertiary/aromatic N) is 5. The van der Waals surface area contributed by atoms with Crippen LogP contribution in [0, 0.1) is 28.9 Å². The van der Waals surface area contributed by atoms with Gasteiger partial charge in [0.05, 0.1) is 22.7 Å². The molecule has 2 saturated carbocycles. The molecule has 5 heterocycles. The number of amides is 3. The van der Waals surface area contributed by atoms with Gasteiger partial charge in [-0.2, -0.15) is 5.10 Å². The minimum absolute atomic E-state index is 0.0358. The van der Waals surface area contributed by atoms with E-state index >= 15 is 8.78 Å². The summed E-state index contributed by atoms with van der Waals surface area (Å²) in [6.07, 6.45) is 9.15. The topological polar surface area (TPSA) is 188 Å². The number of likely N-dealkylation sites (tertiary alicyclic amines) is 2. The zero-order chi connectivity index (χ0) is 53.0. The largest absolute Gasteiger partial charge is 0.488 e. The SMILES string of the molecule is CC1c2c(cc(F)c(Cl)c2-c2c(C(N)=O)ccc(OCCO)c2F)OC1(CNC1CCC(C(=O)N2CCC(C3(CN4CCC(c5ccc6c(N7CCC(=O)NC7O)nn(C)c6c5)CC4)CC3)CC2)CC1)c1ccccc1. The molecular formula is C58H69ClF2N8O7. The van der Waals surface area contributed by atoms with Crippen LogP contribution in [0.25, 0.3) is 22.0 Å². The molecular weight excluding hydrogens is 994 g/mol. The highest BCUT2D eigenvalue weighted by Crippen LogP contribution is 2.58. The number of benzene rings is 4. The highest BCUT2D eigenvalue weighted by molar-refractivity contribution is 6.34. The van der Waals surface area contributed by atoms with Crippen molar-refractivity contribution in [1.82, 2.24) is 30.2 Å². The molecule has 3 amide bonds. The van der Waals surface area contributed by atoms with Gasteiger partial charge in [0.25, 0.3) is 0 Å². The maximum Gasteiger partial charge on any atom is 0.249 e. The van der Waals surface area contributed by atoms with Crippen LogP contribution in [-0.4, -0.2) is 119 Å². The molecule has 3 unspecified atom stereocenters. The molecule has 0 spiro atoms. The van der Waals surface area contributed by atoms with Crippen LogP contribution in [-0.2, 0) is 22.2 Å². The van der Waals surface area contributed by atoms with E-state index in [2.05, 4.69) is 38.6 Å². The molecule has 6 aliphatic rings. The van der Waals surface area contributed by atoms with Gasteiger partial charge >= 0.3 is 0 Å². The van der Waals surface area contributed by atoms with Gasteiger partial charge in [-0.15, -0.1) is 0 Å². The zero-order valence-electron chi connectivity index (χ0n) is 43.3. The first kappa shape index (κ1) is 52.2. The lowest BCUT2D eigenvalue weighted by atomic mass is 9.77. The van der Waals surface area contributed by atoms with Gasteiger partial charge in [-0.3, -0.25) is 19.1 Å². The van der Waals surface area contributed by atoms with Gasteiger partial charge < -0.3 is 50.8 Å². The number of aliphatic hydroxyl groups excluding tert-OH is 2. The molecule has 76 heavy (non-hydrogen) atoms. The predicted octanol–water partition coefficient (Wildman–Crippen LogP) is 7.68. The fraction of sp³-hybridized carbons (Fsp3) is 0.517. The Kier molecular flexibility index (Phi) is 14.5. The van der Waals surface area contributed by atoms with Crippen molar-refractivity contribution in [2.75, 3.05) is 63.9 Å². The van der Waals surface area contributed by atoms with E-state index in [0.717, 1.165) is 101 Å². The van der Waals surface area contributed by atoms with Gasteiger partial charge in [-0.05, 0) is 130 Å². The number of ether oxygens (including phenoxy) is 2. The minimum Gasteiger partial charge on any atom is -0.488 e. The van der Waals surface area contributed by atoms with E-state index < -0.39 is 35.4 Å². The van der Waals surface area contributed by atoms with Crippen molar-refractivity contribution in [2.45, 2.75) is 107 Å². The maximum atomic E-state index is 16.5. The fourth-order valence-electron chi connectivity index (χ4n) is 13.6. The van der Waals surface area contributed by atoms with Crippen LogP contribution in [0.2, 0.25) is 5.02 Å². The van der Waals surface area contributed by atoms with E-state index in [1.54, 1.807) is 4.90 Å². The molecule has 5 aromatic rings. The standard InChI is InChI=1S/C58H69ClF2N8O7/c1-34-48-46(31-43(60)51(59)50(48)49-42(53(62)72)14-15-45(52(49)61)75-29-28-70)76-58(34,39-6-4-3-5-7-39)32-63-40-11-8-36(9-12-40)55(73)68-25-18-38(19-26-68)57(21-22-57)33-67-23-16-35(17-24-67)37-10-13-41-44(30-37)66(2)65-54(41)69-27-20-47(71)64-56(69)74/h3-7,10,13-15,30-31,34-36,38,40,56,63,70,74H,8-9,11-12,16-29,32-33H2,1-2H3,(H2,62,72)(H,64,71). The number of hydrogen-bond acceptors (Lipinski definition) is 11. The molecule has 0 radical (unpaired) electrons. The van der Waals surface area contributed by atoms with E-state index in [1.807, 2.05) is 49.0 Å². The molecule has 5 fully saturated rings. The molecule has 4 aliphatic heterocycles. The van der Waals surface area contributed by atoms with Crippen LogP contribution in [0.1, 0.15) is 116 Å². The Balaban J connectivity index is 0.687. The number of halogens is 3. The molecule has 404 valence electrons. The molecule has 3 atom stereocenters. The number of aryl methyl sites for hydroxylation is 1. The van der Waals surface area contributed by atoms with Gasteiger partial charge in [-0.1, -0.05) is 54.9 Å². The number of nitrogens with two attached hydrogens (primary N) is 1. The van der Waals surface area contributed by atoms with Crippen LogP contribution in [0.3, 0.4) is 0 Å². The number of aromatic nitrogens is 2. The number of hydrogen-bond donors (Lipinski definition) is 5. The normalized spacial score (nSPS) is 25.1. The number of anilines is 1. The second-order valence-electron chi connectivity index (χ2n) is 22.3. The number of aliphatic hydroxyl groups is 2. The van der Waals surface area contributed by atoms with Crippen LogP contribution in [0.15, 0.2) is 66.7 Å². The van der Waals surface area contributed by atoms with Crippen molar-refractivity contribution in [3.8, 4) is 22.6 Å². The van der Waals surface area contributed by atoms with Crippen molar-refractivity contribution in [2.24, 2.45) is 30.0 Å². The molecule has 11 rings (SSSR count). The molecule has 3 saturated heterocycles. The molecule has 15 nitrogen and oxygen atoms in total. The summed E-state index contributed by atoms with van der Waals surface area (Å²) in [6.45, 7) is 6.94. The number of rotatable bonds is 15. The summed E-state index contributed by atoms with van der Waals surface area (Å²) in [5, 5.41) is 31.6. The van der Waals surface area contributed by atoms with E-state index in [0.29, 0.717) is 48.1 Å². The Morgan fingerprint density at radius 1 is 0.947 bits per heavy atom. The van der Waals surface area contributed by atoms with Crippen LogP contribution in [0.4, 0.5) is 14.6 Å². The zero-order valence-corrected chi connectivity index (χ0v) is 44.1. The average molecular weight is 1060 g/mol. The predicted molar refractivity (Wildman–Crippen MR) is 285 cm³/mol. The molecule has 1 aromatic heterocycles. The quantitative estimate of drug-likeness (QED) is 0.0692. The first-order chi connectivity index (χ1) is 36.7. The van der Waals surface area contributed by atoms with Crippen molar-refractivity contribution in [1.29, 1.82) is 0 Å². The van der Waals surface area contributed by atoms with Crippen LogP contribution >= 0.6 is 11.6 Å². The molecule has 4 aromatic carbocycles. The lowest BCUT2D eigenvalue weighted by Crippen LogP contribution is -2.54. The third-order valence-electron chi connectivity index (χ3n) is 18.1. The fourth-order valence-corrected chi connectivity index (χ4v) is 13.9. The summed E-state index contributed by atoms with van der Waals surface area (Å²) in [5.41, 5.74) is 8.06. The van der Waals surface area contributed by atoms with Crippen LogP contribution in [0.5, 0.6) is 11.5 Å². The Morgan fingerprint density at radius 3 is 2.37 bits per heavy atom. The van der Waals surface area contributed by atoms with Gasteiger partial charge in [0, 0.05) is 92.2 Å². The Morgan fingerprint density at radius 2 is 1.68 bits per heavy atom. The van der Waals surface area contributed by atoms with Crippen molar-refractivity contribution in [3.05, 3.63) is 106 Å². The smallest absolute Gasteiger partial charge is 0.249 e. The van der Waals surface area contributed by atoms with E-state index in [1.165, 1.54) is 36.6 Å². The molecule has 18 heteroatoms. The minimum atomic E-state index is -1.10. The highest BCUT2D eigenvalue weighted by atomic mass is 35.5. The van der Waals surface area contributed by atoms with Crippen LogP contribution < -0.4 is 30.7 Å². The first-order valence-corrected chi connectivity index (χ1v) is 27.6. The Labute approximate surface area is 447 Å². The summed E-state index contributed by atoms with van der Waals surface area (Å²) in [5.74, 6) is -1.54. The van der Waals surface area contributed by atoms with E-state index in [4.69, 9.17) is 31.9 Å². The summed E-state index contributed by atoms with van der Waals surface area (Å²) >= 11 is 6.74. The molecule has 2 aliphatic carbocycles. The van der Waals surface area contributed by atoms with E-state index in [-0.39, 0.29) is 70.2 Å². The summed E-state index contributed by atoms with van der Waals surface area (Å²) in [4.78, 5) is 45.3. The molecule has 6 N–H and O–H groups in total. The third kappa shape index (κ3) is 9.68. The Hall–Kier alpha value is -5.85. The number of primary amides is 1. The third-order valence-corrected chi connectivity index (χ3v) is 18.4. The van der Waals surface area contributed by atoms with Gasteiger partial charge in [0.1, 0.15) is 18.2 Å². The monoisotopic (exact) mass is 1060 g/mol. The number of nitrogens with one attached hydrogen (secondary N) is 2. The van der Waals surface area contributed by atoms with Gasteiger partial charge in [0.15, 0.2) is 23.0 Å². The molecule has 0 bridgehead atoms. The number of piperidine rings is 2. The van der Waals surface area contributed by atoms with Crippen molar-refractivity contribution in [3.63, 3.8) is 0 Å². The summed E-state index contributed by atoms with van der Waals surface area (Å²) < 4.78 is 46.6. The summed E-state index contributed by atoms with van der Waals surface area (Å²) in [6, 6.07) is 20.1. The second-order valence-corrected chi connectivity index (χ2v) is 22.7. The van der Waals surface area contributed by atoms with Crippen molar-refractivity contribution < 1.29 is 42.9 Å². The number of carbonyl (C=O) groups excluding carboxylic acids is 3. The van der Waals surface area contributed by atoms with E-state index in [9.17, 15) is 24.6 Å². The second kappa shape index (κ2) is 21.2. The van der Waals surface area contributed by atoms with Crippen molar-refractivity contribution >= 4 is 46.0 Å². The van der Waals surface area contributed by atoms with Gasteiger partial charge in [-0.25, -0.2) is 8.78 Å². The van der Waals surface area contributed by atoms with Gasteiger partial charge in [0.2, 0.25) is 24.1 Å². The maximum absolute atomic E-state index is 16.5. The number of carbonyl (C=O) groups is 3. The highest BCUT2D eigenvalue weighted by Gasteiger charge is 2.52. The Bertz CT molecular complexity index is 3010.